The number of nitrogens with one attached hydrogen (secondary N) is 1. The van der Waals surface area contributed by atoms with Crippen LogP contribution in [0.5, 0.6) is 0 Å². The second kappa shape index (κ2) is 6.80. The van der Waals surface area contributed by atoms with E-state index < -0.39 is 0 Å². The summed E-state index contributed by atoms with van der Waals surface area (Å²) in [6.45, 7) is 4.77. The monoisotopic (exact) mass is 338 g/mol. The maximum atomic E-state index is 12.4. The van der Waals surface area contributed by atoms with E-state index in [1.54, 1.807) is 0 Å². The van der Waals surface area contributed by atoms with E-state index in [-0.39, 0.29) is 12.0 Å². The summed E-state index contributed by atoms with van der Waals surface area (Å²) in [6, 6.07) is 0. The zero-order chi connectivity index (χ0) is 15.5. The van der Waals surface area contributed by atoms with Gasteiger partial charge in [0.1, 0.15) is 16.0 Å². The molecule has 1 amide bonds. The van der Waals surface area contributed by atoms with E-state index in [4.69, 9.17) is 4.74 Å². The molecule has 3 rings (SSSR count). The molecule has 1 aliphatic heterocycles. The molecule has 0 bridgehead atoms. The Morgan fingerprint density at radius 1 is 1.41 bits per heavy atom. The maximum absolute atomic E-state index is 12.4. The van der Waals surface area contributed by atoms with Crippen LogP contribution in [0.1, 0.15) is 57.7 Å². The predicted molar refractivity (Wildman–Crippen MR) is 86.6 cm³/mol. The number of amides is 1. The van der Waals surface area contributed by atoms with Crippen LogP contribution in [0.3, 0.4) is 0 Å². The van der Waals surface area contributed by atoms with Gasteiger partial charge in [0.05, 0.1) is 10.7 Å². The van der Waals surface area contributed by atoms with Crippen molar-refractivity contribution in [1.82, 2.24) is 15.2 Å². The third kappa shape index (κ3) is 3.34. The minimum atomic E-state index is -0.149. The first-order valence-corrected chi connectivity index (χ1v) is 9.03. The van der Waals surface area contributed by atoms with Crippen molar-refractivity contribution in [2.75, 3.05) is 11.9 Å². The fourth-order valence-electron chi connectivity index (χ4n) is 2.40. The summed E-state index contributed by atoms with van der Waals surface area (Å²) in [5, 5.41) is 13.3. The van der Waals surface area contributed by atoms with Gasteiger partial charge in [-0.2, -0.15) is 0 Å². The number of anilines is 1. The Bertz CT molecular complexity index is 662. The van der Waals surface area contributed by atoms with Crippen LogP contribution in [-0.2, 0) is 11.2 Å². The molecule has 0 spiro atoms. The number of carbonyl (C=O) groups excluding carboxylic acids is 1. The van der Waals surface area contributed by atoms with Gasteiger partial charge in [-0.1, -0.05) is 24.7 Å². The fraction of sp³-hybridized carbons (Fsp3) is 0.571. The van der Waals surface area contributed by atoms with Crippen LogP contribution in [0, 0.1) is 6.92 Å². The van der Waals surface area contributed by atoms with E-state index in [2.05, 4.69) is 27.4 Å². The van der Waals surface area contributed by atoms with Gasteiger partial charge in [0.15, 0.2) is 0 Å². The molecule has 0 radical (unpaired) electrons. The normalized spacial score (nSPS) is 17.8. The Balaban J connectivity index is 1.71. The molecule has 1 N–H and O–H groups in total. The molecular formula is C14H18N4O2S2. The number of hydrogen-bond donors (Lipinski definition) is 1. The molecule has 0 unspecified atom stereocenters. The minimum absolute atomic E-state index is 0.0319. The van der Waals surface area contributed by atoms with Crippen molar-refractivity contribution in [3.05, 3.63) is 20.6 Å². The zero-order valence-corrected chi connectivity index (χ0v) is 14.2. The molecule has 0 aliphatic carbocycles. The molecule has 3 heterocycles. The summed E-state index contributed by atoms with van der Waals surface area (Å²) in [5.41, 5.74) is 0.867. The van der Waals surface area contributed by atoms with Crippen LogP contribution in [0.4, 0.5) is 5.13 Å². The molecule has 8 heteroatoms. The van der Waals surface area contributed by atoms with Crippen molar-refractivity contribution < 1.29 is 9.53 Å². The lowest BCUT2D eigenvalue weighted by molar-refractivity contribution is 0.102. The maximum Gasteiger partial charge on any atom is 0.269 e. The number of ether oxygens (including phenoxy) is 1. The summed E-state index contributed by atoms with van der Waals surface area (Å²) in [7, 11) is 0. The Morgan fingerprint density at radius 3 is 3.00 bits per heavy atom. The van der Waals surface area contributed by atoms with Gasteiger partial charge >= 0.3 is 0 Å². The molecule has 2 aromatic rings. The highest BCUT2D eigenvalue weighted by Gasteiger charge is 2.23. The molecule has 22 heavy (non-hydrogen) atoms. The Labute approximate surface area is 137 Å². The Morgan fingerprint density at radius 2 is 2.27 bits per heavy atom. The zero-order valence-electron chi connectivity index (χ0n) is 12.6. The van der Waals surface area contributed by atoms with Crippen LogP contribution in [-0.4, -0.2) is 27.7 Å². The Kier molecular flexibility index (Phi) is 4.80. The lowest BCUT2D eigenvalue weighted by Crippen LogP contribution is -2.12. The number of nitrogens with zero attached hydrogens (tertiary/aromatic N) is 3. The quantitative estimate of drug-likeness (QED) is 0.904. The summed E-state index contributed by atoms with van der Waals surface area (Å²) in [6.07, 6.45) is 3.82. The molecule has 0 saturated carbocycles. The highest BCUT2D eigenvalue weighted by molar-refractivity contribution is 7.16. The number of rotatable bonds is 5. The van der Waals surface area contributed by atoms with E-state index in [0.29, 0.717) is 10.0 Å². The molecule has 1 aliphatic rings. The SMILES string of the molecule is CCCc1nc(C)sc1C(=O)Nc1nnc([C@@H]2CCCO2)s1. The average Bonchev–Trinajstić information content (AvgIpc) is 3.19. The topological polar surface area (TPSA) is 77.0 Å². The van der Waals surface area contributed by atoms with Gasteiger partial charge in [0.2, 0.25) is 5.13 Å². The second-order valence-electron chi connectivity index (χ2n) is 5.16. The molecule has 1 fully saturated rings. The van der Waals surface area contributed by atoms with Gasteiger partial charge in [-0.05, 0) is 26.2 Å². The molecular weight excluding hydrogens is 320 g/mol. The smallest absolute Gasteiger partial charge is 0.269 e. The average molecular weight is 338 g/mol. The lowest BCUT2D eigenvalue weighted by Gasteiger charge is -2.02. The summed E-state index contributed by atoms with van der Waals surface area (Å²) >= 11 is 2.81. The van der Waals surface area contributed by atoms with E-state index in [9.17, 15) is 4.79 Å². The van der Waals surface area contributed by atoms with Crippen molar-refractivity contribution in [3.63, 3.8) is 0 Å². The first-order chi connectivity index (χ1) is 10.7. The van der Waals surface area contributed by atoms with Crippen molar-refractivity contribution >= 4 is 33.7 Å². The number of aryl methyl sites for hydroxylation is 2. The van der Waals surface area contributed by atoms with Crippen molar-refractivity contribution in [2.45, 2.75) is 45.6 Å². The van der Waals surface area contributed by atoms with E-state index in [1.165, 1.54) is 22.7 Å². The lowest BCUT2D eigenvalue weighted by atomic mass is 10.2. The second-order valence-corrected chi connectivity index (χ2v) is 7.37. The Hall–Kier alpha value is -1.38. The van der Waals surface area contributed by atoms with Crippen LogP contribution in [0.2, 0.25) is 0 Å². The highest BCUT2D eigenvalue weighted by Crippen LogP contribution is 2.32. The molecule has 1 atom stereocenters. The minimum Gasteiger partial charge on any atom is -0.371 e. The molecule has 2 aromatic heterocycles. The van der Waals surface area contributed by atoms with Crippen molar-refractivity contribution in [1.29, 1.82) is 0 Å². The van der Waals surface area contributed by atoms with Gasteiger partial charge in [0.25, 0.3) is 5.91 Å². The molecule has 1 saturated heterocycles. The van der Waals surface area contributed by atoms with E-state index in [1.807, 2.05) is 6.92 Å². The molecule has 6 nitrogen and oxygen atoms in total. The van der Waals surface area contributed by atoms with Gasteiger partial charge in [-0.15, -0.1) is 21.5 Å². The van der Waals surface area contributed by atoms with Crippen LogP contribution in [0.25, 0.3) is 0 Å². The summed E-state index contributed by atoms with van der Waals surface area (Å²) in [5.74, 6) is -0.149. The molecule has 0 aromatic carbocycles. The van der Waals surface area contributed by atoms with Gasteiger partial charge < -0.3 is 4.74 Å². The van der Waals surface area contributed by atoms with Crippen LogP contribution >= 0.6 is 22.7 Å². The number of carbonyl (C=O) groups is 1. The summed E-state index contributed by atoms with van der Waals surface area (Å²) in [4.78, 5) is 17.5. The van der Waals surface area contributed by atoms with E-state index >= 15 is 0 Å². The van der Waals surface area contributed by atoms with Gasteiger partial charge in [-0.25, -0.2) is 4.98 Å². The number of hydrogen-bond acceptors (Lipinski definition) is 7. The largest absolute Gasteiger partial charge is 0.371 e. The fourth-order valence-corrected chi connectivity index (χ4v) is 4.08. The van der Waals surface area contributed by atoms with Crippen LogP contribution in [0.15, 0.2) is 0 Å². The van der Waals surface area contributed by atoms with E-state index in [0.717, 1.165) is 48.0 Å². The van der Waals surface area contributed by atoms with Crippen molar-refractivity contribution in [2.24, 2.45) is 0 Å². The van der Waals surface area contributed by atoms with Crippen molar-refractivity contribution in [3.8, 4) is 0 Å². The predicted octanol–water partition coefficient (Wildman–Crippen LogP) is 3.36. The van der Waals surface area contributed by atoms with Gasteiger partial charge in [0, 0.05) is 6.61 Å². The standard InChI is InChI=1S/C14H18N4O2S2/c1-3-5-9-11(21-8(2)15-9)12(19)16-14-18-17-13(22-14)10-6-4-7-20-10/h10H,3-7H2,1-2H3,(H,16,18,19)/t10-/m0/s1. The first kappa shape index (κ1) is 15.5. The van der Waals surface area contributed by atoms with Crippen LogP contribution < -0.4 is 5.32 Å². The van der Waals surface area contributed by atoms with Gasteiger partial charge in [-0.3, -0.25) is 10.1 Å². The number of aromatic nitrogens is 3. The first-order valence-electron chi connectivity index (χ1n) is 7.40. The molecule has 118 valence electrons. The third-order valence-corrected chi connectivity index (χ3v) is 5.31. The number of thiazole rings is 1. The highest BCUT2D eigenvalue weighted by atomic mass is 32.1. The summed E-state index contributed by atoms with van der Waals surface area (Å²) < 4.78 is 5.58. The third-order valence-electron chi connectivity index (χ3n) is 3.36.